The highest BCUT2D eigenvalue weighted by Gasteiger charge is 2.38. The third kappa shape index (κ3) is 2.48. The van der Waals surface area contributed by atoms with Crippen LogP contribution in [0.3, 0.4) is 0 Å². The largest absolute Gasteiger partial charge is 0.454 e. The Labute approximate surface area is 155 Å². The molecule has 0 amide bonds. The highest BCUT2D eigenvalue weighted by Crippen LogP contribution is 2.50. The lowest BCUT2D eigenvalue weighted by Gasteiger charge is -2.14. The molecule has 0 saturated heterocycles. The molecule has 0 N–H and O–H groups in total. The Morgan fingerprint density at radius 1 is 1.15 bits per heavy atom. The molecular weight excluding hydrogens is 348 g/mol. The van der Waals surface area contributed by atoms with Crippen LogP contribution in [0.15, 0.2) is 30.1 Å². The Bertz CT molecular complexity index is 930. The van der Waals surface area contributed by atoms with E-state index < -0.39 is 0 Å². The number of allylic oxidation sites excluding steroid dienone is 1. The number of benzene rings is 1. The number of hydrogen-bond acceptors (Lipinski definition) is 6. The minimum atomic E-state index is 0.244. The molecule has 1 fully saturated rings. The molecule has 2 aromatic rings. The first-order chi connectivity index (χ1) is 12.8. The van der Waals surface area contributed by atoms with Crippen LogP contribution in [-0.4, -0.2) is 26.8 Å². The summed E-state index contributed by atoms with van der Waals surface area (Å²) in [6, 6.07) is 8.25. The lowest BCUT2D eigenvalue weighted by Crippen LogP contribution is -2.12. The second-order valence-electron chi connectivity index (χ2n) is 6.79. The highest BCUT2D eigenvalue weighted by atomic mass is 32.2. The molecule has 1 aromatic heterocycles. The molecule has 5 rings (SSSR count). The summed E-state index contributed by atoms with van der Waals surface area (Å²) in [5.74, 6) is 2.54. The van der Waals surface area contributed by atoms with Gasteiger partial charge in [-0.15, -0.1) is 11.8 Å². The van der Waals surface area contributed by atoms with Gasteiger partial charge in [0.2, 0.25) is 6.79 Å². The summed E-state index contributed by atoms with van der Waals surface area (Å²) in [4.78, 5) is 4.46. The second-order valence-corrected chi connectivity index (χ2v) is 8.02. The first-order valence-corrected chi connectivity index (χ1v) is 9.84. The zero-order valence-corrected chi connectivity index (χ0v) is 15.0. The molecule has 3 heterocycles. The van der Waals surface area contributed by atoms with E-state index in [0.717, 1.165) is 46.3 Å². The quantitative estimate of drug-likeness (QED) is 0.798. The number of rotatable bonds is 2. The van der Waals surface area contributed by atoms with Crippen molar-refractivity contribution in [2.24, 2.45) is 5.92 Å². The normalized spacial score (nSPS) is 24.3. The summed E-state index contributed by atoms with van der Waals surface area (Å²) >= 11 is 1.79. The standard InChI is InChI=1S/C19H18N4O2S/c20-9-14-13-4-2-1-3-5-17(13)26-19(14)23-18(21-10-22-23)12-6-7-15-16(8-12)25-11-24-15/h6-8,10,13,17H,1-5,11H2/t13-,17-/m0/s1. The third-order valence-corrected chi connectivity index (χ3v) is 6.79. The topological polar surface area (TPSA) is 73.0 Å². The van der Waals surface area contributed by atoms with E-state index in [0.29, 0.717) is 11.2 Å². The zero-order chi connectivity index (χ0) is 17.5. The van der Waals surface area contributed by atoms with E-state index >= 15 is 0 Å². The summed E-state index contributed by atoms with van der Waals surface area (Å²) < 4.78 is 12.7. The summed E-state index contributed by atoms with van der Waals surface area (Å²) in [6.07, 6.45) is 7.53. The Morgan fingerprint density at radius 2 is 2.04 bits per heavy atom. The van der Waals surface area contributed by atoms with Crippen LogP contribution in [0.5, 0.6) is 11.5 Å². The molecule has 1 aliphatic carbocycles. The Hall–Kier alpha value is -2.46. The van der Waals surface area contributed by atoms with Crippen LogP contribution < -0.4 is 9.47 Å². The molecule has 1 saturated carbocycles. The number of nitriles is 1. The van der Waals surface area contributed by atoms with Crippen LogP contribution in [0.2, 0.25) is 0 Å². The molecule has 0 radical (unpaired) electrons. The van der Waals surface area contributed by atoms with Crippen LogP contribution in [-0.2, 0) is 0 Å². The van der Waals surface area contributed by atoms with Gasteiger partial charge in [-0.05, 0) is 31.0 Å². The number of thioether (sulfide) groups is 1. The fourth-order valence-electron chi connectivity index (χ4n) is 4.03. The van der Waals surface area contributed by atoms with Crippen molar-refractivity contribution >= 4 is 16.8 Å². The van der Waals surface area contributed by atoms with E-state index in [4.69, 9.17) is 9.47 Å². The Balaban J connectivity index is 1.56. The van der Waals surface area contributed by atoms with Crippen LogP contribution in [0.4, 0.5) is 0 Å². The summed E-state index contributed by atoms with van der Waals surface area (Å²) in [5.41, 5.74) is 1.78. The third-order valence-electron chi connectivity index (χ3n) is 5.31. The molecule has 3 aliphatic rings. The average Bonchev–Trinajstić information content (AvgIpc) is 3.35. The number of aromatic nitrogens is 3. The van der Waals surface area contributed by atoms with Crippen molar-refractivity contribution in [2.45, 2.75) is 37.4 Å². The molecular formula is C19H18N4O2S. The van der Waals surface area contributed by atoms with E-state index in [2.05, 4.69) is 16.2 Å². The lowest BCUT2D eigenvalue weighted by molar-refractivity contribution is 0.174. The minimum Gasteiger partial charge on any atom is -0.454 e. The maximum atomic E-state index is 9.84. The molecule has 26 heavy (non-hydrogen) atoms. The monoisotopic (exact) mass is 366 g/mol. The van der Waals surface area contributed by atoms with E-state index in [-0.39, 0.29) is 6.79 Å². The van der Waals surface area contributed by atoms with Gasteiger partial charge in [0.25, 0.3) is 0 Å². The molecule has 1 aromatic carbocycles. The highest BCUT2D eigenvalue weighted by molar-refractivity contribution is 8.08. The number of ether oxygens (including phenoxy) is 2. The average molecular weight is 366 g/mol. The van der Waals surface area contributed by atoms with E-state index in [1.807, 2.05) is 22.9 Å². The minimum absolute atomic E-state index is 0.244. The first-order valence-electron chi connectivity index (χ1n) is 8.96. The van der Waals surface area contributed by atoms with Crippen molar-refractivity contribution in [3.63, 3.8) is 0 Å². The van der Waals surface area contributed by atoms with Crippen molar-refractivity contribution in [3.05, 3.63) is 30.1 Å². The summed E-state index contributed by atoms with van der Waals surface area (Å²) in [7, 11) is 0. The van der Waals surface area contributed by atoms with E-state index in [1.165, 1.54) is 19.3 Å². The van der Waals surface area contributed by atoms with Crippen LogP contribution in [0, 0.1) is 17.2 Å². The fraction of sp³-hybridized carbons (Fsp3) is 0.421. The predicted octanol–water partition coefficient (Wildman–Crippen LogP) is 4.06. The molecule has 132 valence electrons. The van der Waals surface area contributed by atoms with Gasteiger partial charge >= 0.3 is 0 Å². The van der Waals surface area contributed by atoms with Crippen LogP contribution in [0.25, 0.3) is 16.4 Å². The maximum Gasteiger partial charge on any atom is 0.231 e. The number of hydrogen-bond donors (Lipinski definition) is 0. The molecule has 2 aliphatic heterocycles. The van der Waals surface area contributed by atoms with Crippen molar-refractivity contribution < 1.29 is 9.47 Å². The lowest BCUT2D eigenvalue weighted by atomic mass is 9.93. The molecule has 0 bridgehead atoms. The predicted molar refractivity (Wildman–Crippen MR) is 98.4 cm³/mol. The first kappa shape index (κ1) is 15.8. The van der Waals surface area contributed by atoms with Gasteiger partial charge in [-0.1, -0.05) is 19.3 Å². The van der Waals surface area contributed by atoms with E-state index in [1.54, 1.807) is 18.1 Å². The molecule has 7 heteroatoms. The van der Waals surface area contributed by atoms with Gasteiger partial charge < -0.3 is 9.47 Å². The number of nitrogens with zero attached hydrogens (tertiary/aromatic N) is 4. The number of fused-ring (bicyclic) bond motifs is 2. The Morgan fingerprint density at radius 3 is 2.96 bits per heavy atom. The van der Waals surface area contributed by atoms with Crippen molar-refractivity contribution in [1.29, 1.82) is 5.26 Å². The maximum absolute atomic E-state index is 9.84. The Kier molecular flexibility index (Phi) is 3.86. The molecule has 0 unspecified atom stereocenters. The molecule has 0 spiro atoms. The van der Waals surface area contributed by atoms with E-state index in [9.17, 15) is 5.26 Å². The zero-order valence-electron chi connectivity index (χ0n) is 14.2. The second kappa shape index (κ2) is 6.36. The molecule has 6 nitrogen and oxygen atoms in total. The summed E-state index contributed by atoms with van der Waals surface area (Å²) in [5, 5.41) is 15.7. The van der Waals surface area contributed by atoms with Crippen molar-refractivity contribution in [3.8, 4) is 29.0 Å². The van der Waals surface area contributed by atoms with Gasteiger partial charge in [-0.3, -0.25) is 0 Å². The van der Waals surface area contributed by atoms with Crippen LogP contribution in [0.1, 0.15) is 32.1 Å². The summed E-state index contributed by atoms with van der Waals surface area (Å²) in [6.45, 7) is 0.244. The molecule has 2 atom stereocenters. The smallest absolute Gasteiger partial charge is 0.231 e. The van der Waals surface area contributed by atoms with Gasteiger partial charge in [0.1, 0.15) is 11.4 Å². The van der Waals surface area contributed by atoms with Crippen molar-refractivity contribution in [1.82, 2.24) is 14.8 Å². The van der Waals surface area contributed by atoms with Gasteiger partial charge in [0, 0.05) is 16.7 Å². The van der Waals surface area contributed by atoms with Gasteiger partial charge in [0.05, 0.1) is 11.6 Å². The fourth-order valence-corrected chi connectivity index (χ4v) is 5.59. The van der Waals surface area contributed by atoms with Crippen LogP contribution >= 0.6 is 11.8 Å². The van der Waals surface area contributed by atoms with Gasteiger partial charge in [-0.2, -0.15) is 10.4 Å². The van der Waals surface area contributed by atoms with Gasteiger partial charge in [-0.25, -0.2) is 9.67 Å². The van der Waals surface area contributed by atoms with Gasteiger partial charge in [0.15, 0.2) is 17.3 Å². The van der Waals surface area contributed by atoms with Crippen molar-refractivity contribution in [2.75, 3.05) is 6.79 Å². The SMILES string of the molecule is N#CC1=C(n2ncnc2-c2ccc3c(c2)OCO3)S[C@H]2CCCCC[C@@H]12.